The van der Waals surface area contributed by atoms with Crippen molar-refractivity contribution >= 4 is 5.91 Å². The van der Waals surface area contributed by atoms with Crippen molar-refractivity contribution in [3.63, 3.8) is 0 Å². The first kappa shape index (κ1) is 15.6. The number of aliphatic hydroxyl groups excluding tert-OH is 1. The molecule has 1 amide bonds. The van der Waals surface area contributed by atoms with Crippen LogP contribution in [0.3, 0.4) is 0 Å². The van der Waals surface area contributed by atoms with Gasteiger partial charge in [-0.15, -0.1) is 0 Å². The van der Waals surface area contributed by atoms with Gasteiger partial charge in [-0.1, -0.05) is 6.07 Å². The fourth-order valence-electron chi connectivity index (χ4n) is 2.67. The van der Waals surface area contributed by atoms with Crippen LogP contribution in [-0.2, 0) is 11.2 Å². The Morgan fingerprint density at radius 3 is 2.48 bits per heavy atom. The highest BCUT2D eigenvalue weighted by Gasteiger charge is 2.20. The van der Waals surface area contributed by atoms with E-state index in [4.69, 9.17) is 9.47 Å². The minimum atomic E-state index is -0.205. The van der Waals surface area contributed by atoms with Crippen molar-refractivity contribution in [1.82, 2.24) is 5.32 Å². The third-order valence-corrected chi connectivity index (χ3v) is 3.87. The molecule has 0 aromatic heterocycles. The first-order chi connectivity index (χ1) is 10.1. The van der Waals surface area contributed by atoms with Gasteiger partial charge in [0.05, 0.1) is 26.7 Å². The third kappa shape index (κ3) is 4.36. The topological polar surface area (TPSA) is 67.8 Å². The molecule has 21 heavy (non-hydrogen) atoms. The van der Waals surface area contributed by atoms with Crippen LogP contribution in [0.4, 0.5) is 0 Å². The summed E-state index contributed by atoms with van der Waals surface area (Å²) in [6.45, 7) is 0. The molecule has 0 saturated heterocycles. The first-order valence-electron chi connectivity index (χ1n) is 7.30. The summed E-state index contributed by atoms with van der Waals surface area (Å²) >= 11 is 0. The average molecular weight is 293 g/mol. The zero-order valence-corrected chi connectivity index (χ0v) is 12.6. The number of hydrogen-bond acceptors (Lipinski definition) is 4. The van der Waals surface area contributed by atoms with Gasteiger partial charge in [0.1, 0.15) is 0 Å². The molecular weight excluding hydrogens is 270 g/mol. The molecule has 0 spiro atoms. The van der Waals surface area contributed by atoms with E-state index in [0.717, 1.165) is 31.2 Å². The number of nitrogens with one attached hydrogen (secondary N) is 1. The molecule has 1 aliphatic carbocycles. The summed E-state index contributed by atoms with van der Waals surface area (Å²) in [4.78, 5) is 12.1. The Kier molecular flexibility index (Phi) is 5.44. The van der Waals surface area contributed by atoms with Crippen LogP contribution in [0, 0.1) is 0 Å². The molecule has 0 bridgehead atoms. The van der Waals surface area contributed by atoms with Crippen molar-refractivity contribution < 1.29 is 19.4 Å². The maximum Gasteiger partial charge on any atom is 0.224 e. The Hall–Kier alpha value is -1.75. The van der Waals surface area contributed by atoms with Crippen molar-refractivity contribution in [2.45, 2.75) is 44.2 Å². The van der Waals surface area contributed by atoms with Gasteiger partial charge in [0.2, 0.25) is 5.91 Å². The summed E-state index contributed by atoms with van der Waals surface area (Å²) < 4.78 is 10.4. The van der Waals surface area contributed by atoms with E-state index >= 15 is 0 Å². The van der Waals surface area contributed by atoms with E-state index < -0.39 is 0 Å². The summed E-state index contributed by atoms with van der Waals surface area (Å²) in [6.07, 6.45) is 3.34. The number of carbonyl (C=O) groups excluding carboxylic acids is 1. The number of carbonyl (C=O) groups is 1. The second-order valence-electron chi connectivity index (χ2n) is 5.44. The zero-order chi connectivity index (χ0) is 15.2. The van der Waals surface area contributed by atoms with Crippen LogP contribution in [0.25, 0.3) is 0 Å². The minimum Gasteiger partial charge on any atom is -0.493 e. The third-order valence-electron chi connectivity index (χ3n) is 3.87. The van der Waals surface area contributed by atoms with Crippen LogP contribution in [0.2, 0.25) is 0 Å². The molecule has 0 aliphatic heterocycles. The van der Waals surface area contributed by atoms with Crippen molar-refractivity contribution in [3.8, 4) is 11.5 Å². The smallest absolute Gasteiger partial charge is 0.224 e. The number of benzene rings is 1. The number of amides is 1. The van der Waals surface area contributed by atoms with Gasteiger partial charge in [-0.05, 0) is 43.4 Å². The molecular formula is C16H23NO4. The van der Waals surface area contributed by atoms with Gasteiger partial charge in [0, 0.05) is 6.04 Å². The summed E-state index contributed by atoms with van der Waals surface area (Å²) in [7, 11) is 3.16. The summed E-state index contributed by atoms with van der Waals surface area (Å²) in [5.74, 6) is 1.29. The zero-order valence-electron chi connectivity index (χ0n) is 12.6. The number of ether oxygens (including phenoxy) is 2. The predicted octanol–water partition coefficient (Wildman–Crippen LogP) is 1.67. The predicted molar refractivity (Wildman–Crippen MR) is 79.7 cm³/mol. The minimum absolute atomic E-state index is 0.00334. The molecule has 5 heteroatoms. The van der Waals surface area contributed by atoms with E-state index in [1.54, 1.807) is 20.3 Å². The van der Waals surface area contributed by atoms with Gasteiger partial charge in [-0.2, -0.15) is 0 Å². The van der Waals surface area contributed by atoms with Crippen LogP contribution >= 0.6 is 0 Å². The molecule has 0 heterocycles. The maximum atomic E-state index is 12.1. The molecule has 0 radical (unpaired) electrons. The van der Waals surface area contributed by atoms with Crippen LogP contribution in [-0.4, -0.2) is 37.4 Å². The monoisotopic (exact) mass is 293 g/mol. The molecule has 5 nitrogen and oxygen atoms in total. The lowest BCUT2D eigenvalue weighted by atomic mass is 9.93. The molecule has 1 aromatic rings. The molecule has 116 valence electrons. The van der Waals surface area contributed by atoms with Crippen LogP contribution in [0.1, 0.15) is 31.2 Å². The Labute approximate surface area is 125 Å². The number of hydrogen-bond donors (Lipinski definition) is 2. The Bertz CT molecular complexity index is 481. The Morgan fingerprint density at radius 1 is 1.19 bits per heavy atom. The SMILES string of the molecule is COc1ccc(CC(=O)NC2CCC(O)CC2)cc1OC. The van der Waals surface area contributed by atoms with Gasteiger partial charge >= 0.3 is 0 Å². The highest BCUT2D eigenvalue weighted by Crippen LogP contribution is 2.27. The summed E-state index contributed by atoms with van der Waals surface area (Å²) in [5.41, 5.74) is 0.890. The fraction of sp³-hybridized carbons (Fsp3) is 0.562. The second-order valence-corrected chi connectivity index (χ2v) is 5.44. The summed E-state index contributed by atoms with van der Waals surface area (Å²) in [5, 5.41) is 12.5. The molecule has 1 fully saturated rings. The standard InChI is InChI=1S/C16H23NO4/c1-20-14-8-3-11(9-15(14)21-2)10-16(19)17-12-4-6-13(18)7-5-12/h3,8-9,12-13,18H,4-7,10H2,1-2H3,(H,17,19). The Balaban J connectivity index is 1.90. The molecule has 0 atom stereocenters. The van der Waals surface area contributed by atoms with E-state index in [1.807, 2.05) is 12.1 Å². The van der Waals surface area contributed by atoms with E-state index in [9.17, 15) is 9.90 Å². The van der Waals surface area contributed by atoms with E-state index in [0.29, 0.717) is 17.9 Å². The largest absolute Gasteiger partial charge is 0.493 e. The van der Waals surface area contributed by atoms with E-state index in [-0.39, 0.29) is 18.1 Å². The lowest BCUT2D eigenvalue weighted by molar-refractivity contribution is -0.121. The lowest BCUT2D eigenvalue weighted by Gasteiger charge is -2.26. The lowest BCUT2D eigenvalue weighted by Crippen LogP contribution is -2.39. The van der Waals surface area contributed by atoms with Crippen LogP contribution < -0.4 is 14.8 Å². The van der Waals surface area contributed by atoms with E-state index in [2.05, 4.69) is 5.32 Å². The molecule has 2 N–H and O–H groups in total. The van der Waals surface area contributed by atoms with Gasteiger partial charge < -0.3 is 19.9 Å². The van der Waals surface area contributed by atoms with Gasteiger partial charge in [0.25, 0.3) is 0 Å². The van der Waals surface area contributed by atoms with Gasteiger partial charge in [-0.3, -0.25) is 4.79 Å². The fourth-order valence-corrected chi connectivity index (χ4v) is 2.67. The molecule has 2 rings (SSSR count). The van der Waals surface area contributed by atoms with Crippen LogP contribution in [0.15, 0.2) is 18.2 Å². The average Bonchev–Trinajstić information content (AvgIpc) is 2.49. The number of aliphatic hydroxyl groups is 1. The maximum absolute atomic E-state index is 12.1. The molecule has 1 aromatic carbocycles. The normalized spacial score (nSPS) is 21.7. The van der Waals surface area contributed by atoms with Crippen molar-refractivity contribution in [1.29, 1.82) is 0 Å². The molecule has 1 aliphatic rings. The molecule has 0 unspecified atom stereocenters. The molecule has 1 saturated carbocycles. The van der Waals surface area contributed by atoms with Crippen molar-refractivity contribution in [2.24, 2.45) is 0 Å². The Morgan fingerprint density at radius 2 is 1.86 bits per heavy atom. The first-order valence-corrected chi connectivity index (χ1v) is 7.30. The van der Waals surface area contributed by atoms with Crippen LogP contribution in [0.5, 0.6) is 11.5 Å². The summed E-state index contributed by atoms with van der Waals surface area (Å²) in [6, 6.07) is 5.67. The van der Waals surface area contributed by atoms with Gasteiger partial charge in [-0.25, -0.2) is 0 Å². The van der Waals surface area contributed by atoms with Crippen molar-refractivity contribution in [2.75, 3.05) is 14.2 Å². The van der Waals surface area contributed by atoms with E-state index in [1.165, 1.54) is 0 Å². The number of methoxy groups -OCH3 is 2. The van der Waals surface area contributed by atoms with Gasteiger partial charge in [0.15, 0.2) is 11.5 Å². The second kappa shape index (κ2) is 7.31. The number of rotatable bonds is 5. The highest BCUT2D eigenvalue weighted by molar-refractivity contribution is 5.79. The quantitative estimate of drug-likeness (QED) is 0.866. The highest BCUT2D eigenvalue weighted by atomic mass is 16.5. The van der Waals surface area contributed by atoms with Crippen molar-refractivity contribution in [3.05, 3.63) is 23.8 Å².